The van der Waals surface area contributed by atoms with Crippen molar-refractivity contribution in [3.05, 3.63) is 58.7 Å². The Morgan fingerprint density at radius 2 is 1.89 bits per heavy atom. The maximum absolute atomic E-state index is 14.0. The molecular weight excluding hydrogens is 560 g/mol. The van der Waals surface area contributed by atoms with Crippen molar-refractivity contribution in [2.24, 2.45) is 23.7 Å². The molecule has 44 heavy (non-hydrogen) atoms. The normalized spacial score (nSPS) is 45.1. The molecule has 0 aromatic rings. The van der Waals surface area contributed by atoms with E-state index in [1.54, 1.807) is 19.1 Å². The smallest absolute Gasteiger partial charge is 0.316 e. The molecule has 8 nitrogen and oxygen atoms in total. The molecule has 0 aromatic heterocycles. The van der Waals surface area contributed by atoms with E-state index in [4.69, 9.17) is 18.9 Å². The van der Waals surface area contributed by atoms with E-state index in [0.717, 1.165) is 12.0 Å². The third-order valence-corrected chi connectivity index (χ3v) is 9.91. The van der Waals surface area contributed by atoms with Gasteiger partial charge in [-0.2, -0.15) is 0 Å². The number of aliphatic hydroxyl groups is 2. The molecule has 3 unspecified atom stereocenters. The lowest BCUT2D eigenvalue weighted by atomic mass is 9.71. The van der Waals surface area contributed by atoms with Gasteiger partial charge in [-0.25, -0.2) is 0 Å². The van der Waals surface area contributed by atoms with Crippen LogP contribution in [0, 0.1) is 23.7 Å². The predicted molar refractivity (Wildman–Crippen MR) is 166 cm³/mol. The number of fused-ring (bicyclic) bond motifs is 2. The summed E-state index contributed by atoms with van der Waals surface area (Å²) in [5.41, 5.74) is 1.52. The van der Waals surface area contributed by atoms with E-state index >= 15 is 0 Å². The van der Waals surface area contributed by atoms with Gasteiger partial charge in [0.05, 0.1) is 25.2 Å². The fourth-order valence-corrected chi connectivity index (χ4v) is 7.69. The van der Waals surface area contributed by atoms with Gasteiger partial charge in [-0.15, -0.1) is 0 Å². The summed E-state index contributed by atoms with van der Waals surface area (Å²) >= 11 is 0. The first-order valence-corrected chi connectivity index (χ1v) is 16.2. The van der Waals surface area contributed by atoms with Crippen LogP contribution >= 0.6 is 0 Å². The maximum atomic E-state index is 14.0. The zero-order valence-corrected chi connectivity index (χ0v) is 27.2. The second-order valence-corrected chi connectivity index (χ2v) is 14.2. The average Bonchev–Trinajstić information content (AvgIpc) is 3.27. The van der Waals surface area contributed by atoms with Crippen molar-refractivity contribution >= 4 is 11.8 Å². The first-order chi connectivity index (χ1) is 20.7. The van der Waals surface area contributed by atoms with Crippen LogP contribution in [-0.2, 0) is 28.5 Å². The monoisotopic (exact) mass is 610 g/mol. The van der Waals surface area contributed by atoms with E-state index in [1.165, 1.54) is 5.57 Å². The second-order valence-electron chi connectivity index (χ2n) is 14.2. The lowest BCUT2D eigenvalue weighted by Gasteiger charge is -2.49. The molecule has 1 aliphatic carbocycles. The summed E-state index contributed by atoms with van der Waals surface area (Å²) < 4.78 is 25.5. The van der Waals surface area contributed by atoms with E-state index in [9.17, 15) is 19.8 Å². The molecule has 4 heterocycles. The molecule has 1 spiro atoms. The Hall–Kier alpha value is -2.36. The number of ketones is 1. The number of ether oxygens (including phenoxy) is 4. The number of hydrogen-bond donors (Lipinski definition) is 2. The van der Waals surface area contributed by atoms with Crippen LogP contribution < -0.4 is 0 Å². The predicted octanol–water partition coefficient (Wildman–Crippen LogP) is 5.30. The van der Waals surface area contributed by atoms with Gasteiger partial charge in [-0.3, -0.25) is 9.59 Å². The summed E-state index contributed by atoms with van der Waals surface area (Å²) in [5.74, 6) is -2.63. The second kappa shape index (κ2) is 12.8. The number of esters is 1. The molecule has 3 fully saturated rings. The van der Waals surface area contributed by atoms with Crippen LogP contribution in [0.15, 0.2) is 58.7 Å². The maximum Gasteiger partial charge on any atom is 0.316 e. The number of allylic oxidation sites excluding steroid dienone is 5. The third kappa shape index (κ3) is 6.47. The van der Waals surface area contributed by atoms with Gasteiger partial charge in [0, 0.05) is 18.8 Å². The van der Waals surface area contributed by atoms with E-state index in [2.05, 4.69) is 45.9 Å². The Morgan fingerprint density at radius 3 is 2.61 bits per heavy atom. The van der Waals surface area contributed by atoms with Crippen LogP contribution in [0.5, 0.6) is 0 Å². The van der Waals surface area contributed by atoms with Crippen molar-refractivity contribution < 1.29 is 38.7 Å². The SMILES string of the molecule is CC1=CC2C(=O)O[C@H]3C[C@@H](C/C=C(\C)C[C@@H](C)/C=C/C=C4\COC([C@@H]1O)[C@@]42O)OC1(CC(=O)[C@H](C)[C@@H](/C(C)=C\C(C)C)O1)C3. The molecule has 2 bridgehead atoms. The summed E-state index contributed by atoms with van der Waals surface area (Å²) in [6.45, 7) is 14.1. The molecule has 5 aliphatic rings. The molecule has 0 aromatic carbocycles. The first-order valence-electron chi connectivity index (χ1n) is 16.2. The standard InChI is InChI=1S/C36H50O8/c1-20(2)13-24(6)32-25(7)30(37)18-35(44-32)17-28-16-27(43-35)12-11-22(4)14-21(3)9-8-10-26-19-41-33-31(38)23(5)15-29(34(39)42-28)36(26,33)40/h8-11,13,15,20-21,25,27-29,31-33,38,40H,12,14,16-19H2,1-7H3/b9-8+,22-11+,24-13-,26-10+/t21-,25-,27+,28-,29?,31+,32+,33?,35?,36+/m0/s1. The van der Waals surface area contributed by atoms with Crippen molar-refractivity contribution in [2.75, 3.05) is 6.61 Å². The minimum atomic E-state index is -1.75. The number of aliphatic hydroxyl groups excluding tert-OH is 1. The van der Waals surface area contributed by atoms with E-state index < -0.39 is 47.7 Å². The largest absolute Gasteiger partial charge is 0.462 e. The Morgan fingerprint density at radius 1 is 1.14 bits per heavy atom. The number of hydrogen-bond acceptors (Lipinski definition) is 8. The van der Waals surface area contributed by atoms with Crippen molar-refractivity contribution in [1.29, 1.82) is 0 Å². The molecule has 2 N–H and O–H groups in total. The number of carbonyl (C=O) groups excluding carboxylic acids is 2. The summed E-state index contributed by atoms with van der Waals surface area (Å²) in [4.78, 5) is 27.5. The van der Waals surface area contributed by atoms with Crippen LogP contribution in [-0.4, -0.2) is 70.5 Å². The summed E-state index contributed by atoms with van der Waals surface area (Å²) in [6, 6.07) is 0. The van der Waals surface area contributed by atoms with Gasteiger partial charge >= 0.3 is 5.97 Å². The highest BCUT2D eigenvalue weighted by atomic mass is 16.7. The highest BCUT2D eigenvalue weighted by molar-refractivity contribution is 5.83. The van der Waals surface area contributed by atoms with Gasteiger partial charge in [0.25, 0.3) is 0 Å². The van der Waals surface area contributed by atoms with Crippen LogP contribution in [0.1, 0.15) is 80.6 Å². The zero-order chi connectivity index (χ0) is 32.0. The number of rotatable bonds is 2. The van der Waals surface area contributed by atoms with E-state index in [0.29, 0.717) is 29.9 Å². The van der Waals surface area contributed by atoms with Crippen LogP contribution in [0.2, 0.25) is 0 Å². The average molecular weight is 611 g/mol. The molecule has 10 atom stereocenters. The zero-order valence-electron chi connectivity index (χ0n) is 27.2. The molecule has 0 radical (unpaired) electrons. The molecule has 242 valence electrons. The van der Waals surface area contributed by atoms with Gasteiger partial charge in [-0.05, 0) is 62.2 Å². The molecule has 8 heteroatoms. The molecule has 3 saturated heterocycles. The highest BCUT2D eigenvalue weighted by Gasteiger charge is 2.60. The van der Waals surface area contributed by atoms with Gasteiger partial charge in [0.2, 0.25) is 0 Å². The molecule has 0 saturated carbocycles. The molecule has 4 aliphatic heterocycles. The fourth-order valence-electron chi connectivity index (χ4n) is 7.69. The van der Waals surface area contributed by atoms with Crippen molar-refractivity contribution in [3.8, 4) is 0 Å². The Bertz CT molecular complexity index is 1290. The van der Waals surface area contributed by atoms with Gasteiger partial charge in [0.15, 0.2) is 5.79 Å². The fraction of sp³-hybridized carbons (Fsp3) is 0.667. The van der Waals surface area contributed by atoms with E-state index in [1.807, 2.05) is 19.9 Å². The summed E-state index contributed by atoms with van der Waals surface area (Å²) in [6.07, 6.45) is 10.4. The lowest BCUT2D eigenvalue weighted by Crippen LogP contribution is -2.59. The van der Waals surface area contributed by atoms with Gasteiger partial charge in [0.1, 0.15) is 35.6 Å². The van der Waals surface area contributed by atoms with Crippen molar-refractivity contribution in [1.82, 2.24) is 0 Å². The Labute approximate surface area is 261 Å². The van der Waals surface area contributed by atoms with Crippen LogP contribution in [0.4, 0.5) is 0 Å². The highest BCUT2D eigenvalue weighted by Crippen LogP contribution is 2.47. The molecule has 0 amide bonds. The van der Waals surface area contributed by atoms with Crippen molar-refractivity contribution in [2.45, 2.75) is 122 Å². The first kappa shape index (κ1) is 33.0. The lowest BCUT2D eigenvalue weighted by molar-refractivity contribution is -0.319. The number of Topliss-reactive ketones (excluding diaryl/α,β-unsaturated/α-hetero) is 1. The van der Waals surface area contributed by atoms with Crippen LogP contribution in [0.25, 0.3) is 0 Å². The van der Waals surface area contributed by atoms with Crippen molar-refractivity contribution in [3.63, 3.8) is 0 Å². The summed E-state index contributed by atoms with van der Waals surface area (Å²) in [7, 11) is 0. The Balaban J connectivity index is 1.53. The third-order valence-electron chi connectivity index (χ3n) is 9.91. The minimum Gasteiger partial charge on any atom is -0.462 e. The Kier molecular flexibility index (Phi) is 9.60. The molecular formula is C36H50O8. The number of carbonyl (C=O) groups is 2. The minimum absolute atomic E-state index is 0.0628. The van der Waals surface area contributed by atoms with E-state index in [-0.39, 0.29) is 43.2 Å². The molecule has 5 rings (SSSR count). The quantitative estimate of drug-likeness (QED) is 0.320. The topological polar surface area (TPSA) is 112 Å². The van der Waals surface area contributed by atoms with Crippen LogP contribution in [0.3, 0.4) is 0 Å². The van der Waals surface area contributed by atoms with Gasteiger partial charge in [-0.1, -0.05) is 69.7 Å². The van der Waals surface area contributed by atoms with Gasteiger partial charge < -0.3 is 29.2 Å². The summed E-state index contributed by atoms with van der Waals surface area (Å²) in [5, 5.41) is 23.0.